The van der Waals surface area contributed by atoms with Crippen LogP contribution in [0.15, 0.2) is 47.3 Å². The van der Waals surface area contributed by atoms with Gasteiger partial charge in [0.1, 0.15) is 5.69 Å². The number of likely N-dealkylation sites (N-methyl/N-ethyl adjacent to an activating group) is 1. The van der Waals surface area contributed by atoms with E-state index in [9.17, 15) is 9.59 Å². The summed E-state index contributed by atoms with van der Waals surface area (Å²) < 4.78 is 1.35. The minimum absolute atomic E-state index is 0. The van der Waals surface area contributed by atoms with Gasteiger partial charge in [-0.3, -0.25) is 9.59 Å². The number of aromatic nitrogens is 2. The molecule has 1 unspecified atom stereocenters. The predicted molar refractivity (Wildman–Crippen MR) is 99.3 cm³/mol. The molecule has 7 heteroatoms. The first-order valence-corrected chi connectivity index (χ1v) is 8.26. The number of hydrogen-bond acceptors (Lipinski definition) is 4. The van der Waals surface area contributed by atoms with Gasteiger partial charge in [-0.1, -0.05) is 30.3 Å². The van der Waals surface area contributed by atoms with Crippen molar-refractivity contribution in [1.29, 1.82) is 0 Å². The lowest BCUT2D eigenvalue weighted by molar-refractivity contribution is 0.0689. The zero-order chi connectivity index (χ0) is 16.9. The Morgan fingerprint density at radius 1 is 1.24 bits per heavy atom. The third-order valence-corrected chi connectivity index (χ3v) is 4.38. The monoisotopic (exact) mass is 362 g/mol. The van der Waals surface area contributed by atoms with E-state index in [1.807, 2.05) is 42.3 Å². The number of carbonyl (C=O) groups is 1. The van der Waals surface area contributed by atoms with Crippen molar-refractivity contribution in [3.8, 4) is 0 Å². The van der Waals surface area contributed by atoms with Crippen LogP contribution in [0.1, 0.15) is 28.9 Å². The maximum Gasteiger partial charge on any atom is 0.274 e. The largest absolute Gasteiger partial charge is 0.336 e. The second-order valence-electron chi connectivity index (χ2n) is 6.08. The number of carbonyl (C=O) groups excluding carboxylic acids is 1. The van der Waals surface area contributed by atoms with Gasteiger partial charge in [0, 0.05) is 25.2 Å². The molecule has 1 N–H and O–H groups in total. The van der Waals surface area contributed by atoms with Crippen molar-refractivity contribution in [2.24, 2.45) is 0 Å². The van der Waals surface area contributed by atoms with E-state index in [0.717, 1.165) is 24.9 Å². The summed E-state index contributed by atoms with van der Waals surface area (Å²) in [6.07, 6.45) is 2.04. The highest BCUT2D eigenvalue weighted by molar-refractivity contribution is 5.92. The summed E-state index contributed by atoms with van der Waals surface area (Å²) in [6.45, 7) is 1.77. The molecule has 1 saturated heterocycles. The van der Waals surface area contributed by atoms with Crippen molar-refractivity contribution in [2.75, 3.05) is 20.1 Å². The van der Waals surface area contributed by atoms with Gasteiger partial charge in [-0.25, -0.2) is 4.68 Å². The van der Waals surface area contributed by atoms with Crippen LogP contribution in [0.25, 0.3) is 0 Å². The van der Waals surface area contributed by atoms with E-state index >= 15 is 0 Å². The first kappa shape index (κ1) is 19.1. The standard InChI is InChI=1S/C18H22N4O2.ClH/c1-19-15-8-5-11-21(13-15)18(24)16-9-10-17(23)22(20-16)12-14-6-3-2-4-7-14;/h2-4,6-7,9-10,15,19H,5,8,11-13H2,1H3;1H. The zero-order valence-electron chi connectivity index (χ0n) is 14.2. The van der Waals surface area contributed by atoms with Crippen LogP contribution in [0.2, 0.25) is 0 Å². The van der Waals surface area contributed by atoms with Crippen molar-refractivity contribution < 1.29 is 4.79 Å². The number of benzene rings is 1. The molecule has 6 nitrogen and oxygen atoms in total. The first-order valence-electron chi connectivity index (χ1n) is 8.26. The van der Waals surface area contributed by atoms with Crippen molar-refractivity contribution in [3.63, 3.8) is 0 Å². The van der Waals surface area contributed by atoms with Crippen LogP contribution in [0.4, 0.5) is 0 Å². The normalized spacial score (nSPS) is 17.0. The number of nitrogens with one attached hydrogen (secondary N) is 1. The van der Waals surface area contributed by atoms with Crippen LogP contribution in [0.3, 0.4) is 0 Å². The summed E-state index contributed by atoms with van der Waals surface area (Å²) in [4.78, 5) is 26.5. The van der Waals surface area contributed by atoms with Crippen LogP contribution in [-0.4, -0.2) is 46.8 Å². The Balaban J connectivity index is 0.00000225. The van der Waals surface area contributed by atoms with Gasteiger partial charge in [-0.2, -0.15) is 5.10 Å². The second-order valence-corrected chi connectivity index (χ2v) is 6.08. The van der Waals surface area contributed by atoms with E-state index in [1.165, 1.54) is 16.8 Å². The molecule has 0 aliphatic carbocycles. The van der Waals surface area contributed by atoms with Gasteiger partial charge in [0.2, 0.25) is 0 Å². The molecular weight excluding hydrogens is 340 g/mol. The zero-order valence-corrected chi connectivity index (χ0v) is 15.0. The molecule has 0 spiro atoms. The highest BCUT2D eigenvalue weighted by Gasteiger charge is 2.24. The molecule has 1 aliphatic heterocycles. The Kier molecular flexibility index (Phi) is 6.73. The summed E-state index contributed by atoms with van der Waals surface area (Å²) in [5.74, 6) is -0.114. The Hall–Kier alpha value is -2.18. The van der Waals surface area contributed by atoms with E-state index < -0.39 is 0 Å². The summed E-state index contributed by atoms with van der Waals surface area (Å²) in [5, 5.41) is 7.51. The quantitative estimate of drug-likeness (QED) is 0.895. The van der Waals surface area contributed by atoms with Crippen LogP contribution >= 0.6 is 12.4 Å². The molecule has 1 aromatic carbocycles. The molecule has 25 heavy (non-hydrogen) atoms. The second kappa shape index (κ2) is 8.78. The summed E-state index contributed by atoms with van der Waals surface area (Å²) in [5.41, 5.74) is 1.09. The highest BCUT2D eigenvalue weighted by atomic mass is 35.5. The lowest BCUT2D eigenvalue weighted by atomic mass is 10.1. The topological polar surface area (TPSA) is 67.2 Å². The Morgan fingerprint density at radius 3 is 2.72 bits per heavy atom. The smallest absolute Gasteiger partial charge is 0.274 e. The van der Waals surface area contributed by atoms with Crippen molar-refractivity contribution in [1.82, 2.24) is 20.0 Å². The van der Waals surface area contributed by atoms with Crippen LogP contribution < -0.4 is 10.9 Å². The lowest BCUT2D eigenvalue weighted by Gasteiger charge is -2.32. The number of piperidine rings is 1. The first-order chi connectivity index (χ1) is 11.7. The summed E-state index contributed by atoms with van der Waals surface area (Å²) in [6, 6.07) is 12.9. The number of likely N-dealkylation sites (tertiary alicyclic amines) is 1. The molecule has 2 heterocycles. The molecule has 3 rings (SSSR count). The molecule has 134 valence electrons. The van der Waals surface area contributed by atoms with Gasteiger partial charge in [0.05, 0.1) is 6.54 Å². The van der Waals surface area contributed by atoms with Gasteiger partial charge < -0.3 is 10.2 Å². The van der Waals surface area contributed by atoms with E-state index in [-0.39, 0.29) is 23.9 Å². The molecule has 2 aromatic rings. The van der Waals surface area contributed by atoms with E-state index in [1.54, 1.807) is 0 Å². The number of amides is 1. The summed E-state index contributed by atoms with van der Waals surface area (Å²) >= 11 is 0. The molecule has 1 amide bonds. The Bertz CT molecular complexity index is 763. The van der Waals surface area contributed by atoms with Crippen molar-refractivity contribution in [2.45, 2.75) is 25.4 Å². The number of halogens is 1. The van der Waals surface area contributed by atoms with E-state index in [2.05, 4.69) is 10.4 Å². The van der Waals surface area contributed by atoms with Gasteiger partial charge in [0.15, 0.2) is 0 Å². The Labute approximate surface area is 153 Å². The molecule has 0 saturated carbocycles. The van der Waals surface area contributed by atoms with E-state index in [0.29, 0.717) is 24.8 Å². The van der Waals surface area contributed by atoms with Crippen molar-refractivity contribution >= 4 is 18.3 Å². The number of rotatable bonds is 4. The van der Waals surface area contributed by atoms with Gasteiger partial charge in [-0.05, 0) is 31.5 Å². The molecule has 1 aliphatic rings. The molecule has 0 bridgehead atoms. The fourth-order valence-corrected chi connectivity index (χ4v) is 2.99. The maximum atomic E-state index is 12.7. The maximum absolute atomic E-state index is 12.7. The average Bonchev–Trinajstić information content (AvgIpc) is 2.64. The number of hydrogen-bond donors (Lipinski definition) is 1. The average molecular weight is 363 g/mol. The molecular formula is C18H23ClN4O2. The lowest BCUT2D eigenvalue weighted by Crippen LogP contribution is -2.47. The molecule has 1 aromatic heterocycles. The molecule has 1 fully saturated rings. The molecule has 1 atom stereocenters. The third kappa shape index (κ3) is 4.67. The fraction of sp³-hybridized carbons (Fsp3) is 0.389. The predicted octanol–water partition coefficient (Wildman–Crippen LogP) is 1.54. The van der Waals surface area contributed by atoms with E-state index in [4.69, 9.17) is 0 Å². The Morgan fingerprint density at radius 2 is 2.00 bits per heavy atom. The third-order valence-electron chi connectivity index (χ3n) is 4.38. The van der Waals surface area contributed by atoms with Gasteiger partial charge in [-0.15, -0.1) is 12.4 Å². The molecule has 0 radical (unpaired) electrons. The highest BCUT2D eigenvalue weighted by Crippen LogP contribution is 2.12. The minimum atomic E-state index is -0.206. The van der Waals surface area contributed by atoms with Crippen LogP contribution in [0, 0.1) is 0 Å². The van der Waals surface area contributed by atoms with Crippen molar-refractivity contribution in [3.05, 3.63) is 64.1 Å². The van der Waals surface area contributed by atoms with Gasteiger partial charge in [0.25, 0.3) is 11.5 Å². The van der Waals surface area contributed by atoms with Crippen LogP contribution in [0.5, 0.6) is 0 Å². The fourth-order valence-electron chi connectivity index (χ4n) is 2.99. The van der Waals surface area contributed by atoms with Crippen LogP contribution in [-0.2, 0) is 6.54 Å². The minimum Gasteiger partial charge on any atom is -0.336 e. The SMILES string of the molecule is CNC1CCCN(C(=O)c2ccc(=O)n(Cc3ccccc3)n2)C1.Cl. The summed E-state index contributed by atoms with van der Waals surface area (Å²) in [7, 11) is 1.91. The number of nitrogens with zero attached hydrogens (tertiary/aromatic N) is 3. The van der Waals surface area contributed by atoms with Gasteiger partial charge >= 0.3 is 0 Å².